The Labute approximate surface area is 200 Å². The van der Waals surface area contributed by atoms with Crippen molar-refractivity contribution in [2.75, 3.05) is 26.4 Å². The molecule has 1 saturated heterocycles. The summed E-state index contributed by atoms with van der Waals surface area (Å²) in [6.45, 7) is 7.99. The molecule has 0 N–H and O–H groups in total. The summed E-state index contributed by atoms with van der Waals surface area (Å²) in [5.41, 5.74) is 0.867. The third kappa shape index (κ3) is 8.13. The summed E-state index contributed by atoms with van der Waals surface area (Å²) in [5.74, 6) is 1.14. The van der Waals surface area contributed by atoms with Crippen LogP contribution < -0.4 is 9.47 Å². The van der Waals surface area contributed by atoms with E-state index in [-0.39, 0.29) is 11.9 Å². The van der Waals surface area contributed by atoms with Crippen LogP contribution in [-0.2, 0) is 14.3 Å². The summed E-state index contributed by atoms with van der Waals surface area (Å²) in [7, 11) is 0. The molecule has 0 aliphatic carbocycles. The molecule has 176 valence electrons. The van der Waals surface area contributed by atoms with Crippen molar-refractivity contribution < 1.29 is 23.8 Å². The number of hydrogen-bond donors (Lipinski definition) is 0. The molecule has 32 heavy (non-hydrogen) atoms. The fraction of sp³-hybridized carbons (Fsp3) is 0.542. The van der Waals surface area contributed by atoms with Crippen LogP contribution in [0.25, 0.3) is 6.08 Å². The fourth-order valence-electron chi connectivity index (χ4n) is 3.12. The molecule has 6 nitrogen and oxygen atoms in total. The molecule has 0 bridgehead atoms. The number of unbranched alkanes of at least 4 members (excludes halogenated alkanes) is 3. The Hall–Kier alpha value is -2.06. The van der Waals surface area contributed by atoms with Crippen LogP contribution in [0.3, 0.4) is 0 Å². The van der Waals surface area contributed by atoms with Gasteiger partial charge in [-0.3, -0.25) is 14.5 Å². The predicted molar refractivity (Wildman–Crippen MR) is 133 cm³/mol. The van der Waals surface area contributed by atoms with Crippen LogP contribution in [0.2, 0.25) is 0 Å². The SMILES string of the molecule is CCCCOc1ccc(/C=C2\SC(=S)N(CCCCCC(=O)OCC)C2=O)cc1OCC. The summed E-state index contributed by atoms with van der Waals surface area (Å²) in [6.07, 6.45) is 6.68. The molecule has 0 spiro atoms. The molecule has 0 saturated carbocycles. The van der Waals surface area contributed by atoms with E-state index < -0.39 is 0 Å². The van der Waals surface area contributed by atoms with Crippen LogP contribution in [0.5, 0.6) is 11.5 Å². The van der Waals surface area contributed by atoms with E-state index in [1.165, 1.54) is 11.8 Å². The van der Waals surface area contributed by atoms with Gasteiger partial charge in [-0.05, 0) is 56.9 Å². The molecule has 1 heterocycles. The van der Waals surface area contributed by atoms with Crippen LogP contribution in [0.15, 0.2) is 23.1 Å². The van der Waals surface area contributed by atoms with E-state index in [4.69, 9.17) is 26.4 Å². The molecule has 1 fully saturated rings. The van der Waals surface area contributed by atoms with Gasteiger partial charge >= 0.3 is 5.97 Å². The van der Waals surface area contributed by atoms with Crippen molar-refractivity contribution in [2.45, 2.75) is 59.3 Å². The predicted octanol–water partition coefficient (Wildman–Crippen LogP) is 5.59. The number of carbonyl (C=O) groups excluding carboxylic acids is 2. The van der Waals surface area contributed by atoms with Crippen LogP contribution in [0.4, 0.5) is 0 Å². The average molecular weight is 480 g/mol. The lowest BCUT2D eigenvalue weighted by Crippen LogP contribution is -2.29. The van der Waals surface area contributed by atoms with Gasteiger partial charge < -0.3 is 14.2 Å². The van der Waals surface area contributed by atoms with E-state index in [1.54, 1.807) is 11.8 Å². The van der Waals surface area contributed by atoms with Crippen molar-refractivity contribution in [1.82, 2.24) is 4.90 Å². The monoisotopic (exact) mass is 479 g/mol. The Morgan fingerprint density at radius 2 is 1.88 bits per heavy atom. The first kappa shape index (κ1) is 26.2. The van der Waals surface area contributed by atoms with Crippen LogP contribution in [-0.4, -0.2) is 47.5 Å². The largest absolute Gasteiger partial charge is 0.490 e. The smallest absolute Gasteiger partial charge is 0.305 e. The van der Waals surface area contributed by atoms with Crippen molar-refractivity contribution in [2.24, 2.45) is 0 Å². The zero-order chi connectivity index (χ0) is 23.3. The van der Waals surface area contributed by atoms with Crippen molar-refractivity contribution in [1.29, 1.82) is 0 Å². The van der Waals surface area contributed by atoms with Crippen molar-refractivity contribution in [3.8, 4) is 11.5 Å². The second-order valence-electron chi connectivity index (χ2n) is 7.29. The van der Waals surface area contributed by atoms with Crippen molar-refractivity contribution in [3.05, 3.63) is 28.7 Å². The number of amides is 1. The summed E-state index contributed by atoms with van der Waals surface area (Å²) in [4.78, 5) is 26.5. The second-order valence-corrected chi connectivity index (χ2v) is 8.97. The van der Waals surface area contributed by atoms with Gasteiger partial charge in [0.25, 0.3) is 5.91 Å². The summed E-state index contributed by atoms with van der Waals surface area (Å²) >= 11 is 6.74. The van der Waals surface area contributed by atoms with Gasteiger partial charge in [-0.25, -0.2) is 0 Å². The number of nitrogens with zero attached hydrogens (tertiary/aromatic N) is 1. The minimum absolute atomic E-state index is 0.0772. The lowest BCUT2D eigenvalue weighted by Gasteiger charge is -2.14. The second kappa shape index (κ2) is 14.2. The number of benzene rings is 1. The topological polar surface area (TPSA) is 65.1 Å². The quantitative estimate of drug-likeness (QED) is 0.149. The molecule has 1 aliphatic rings. The normalized spacial score (nSPS) is 14.8. The van der Waals surface area contributed by atoms with Crippen molar-refractivity contribution >= 4 is 46.3 Å². The minimum atomic E-state index is -0.172. The zero-order valence-electron chi connectivity index (χ0n) is 19.2. The molecule has 1 aromatic rings. The van der Waals surface area contributed by atoms with Gasteiger partial charge in [0.05, 0.1) is 24.7 Å². The van der Waals surface area contributed by atoms with Gasteiger partial charge in [-0.2, -0.15) is 0 Å². The van der Waals surface area contributed by atoms with Gasteiger partial charge in [-0.1, -0.05) is 49.8 Å². The van der Waals surface area contributed by atoms with Crippen LogP contribution in [0.1, 0.15) is 64.9 Å². The Kier molecular flexibility index (Phi) is 11.6. The summed E-state index contributed by atoms with van der Waals surface area (Å²) < 4.78 is 17.1. The number of thioether (sulfide) groups is 1. The highest BCUT2D eigenvalue weighted by atomic mass is 32.2. The Morgan fingerprint density at radius 3 is 2.59 bits per heavy atom. The molecule has 2 rings (SSSR count). The minimum Gasteiger partial charge on any atom is -0.490 e. The van der Waals surface area contributed by atoms with Gasteiger partial charge in [0.2, 0.25) is 0 Å². The van der Waals surface area contributed by atoms with Gasteiger partial charge in [-0.15, -0.1) is 0 Å². The maximum atomic E-state index is 12.8. The van der Waals surface area contributed by atoms with E-state index in [9.17, 15) is 9.59 Å². The number of rotatable bonds is 14. The van der Waals surface area contributed by atoms with E-state index >= 15 is 0 Å². The molecule has 1 aliphatic heterocycles. The molecular formula is C24H33NO5S2. The lowest BCUT2D eigenvalue weighted by atomic mass is 10.1. The Morgan fingerprint density at radius 1 is 1.06 bits per heavy atom. The number of carbonyl (C=O) groups is 2. The first-order valence-corrected chi connectivity index (χ1v) is 12.5. The molecular weight excluding hydrogens is 446 g/mol. The van der Waals surface area contributed by atoms with Gasteiger partial charge in [0, 0.05) is 13.0 Å². The van der Waals surface area contributed by atoms with Crippen molar-refractivity contribution in [3.63, 3.8) is 0 Å². The van der Waals surface area contributed by atoms with E-state index in [0.717, 1.165) is 37.7 Å². The molecule has 0 unspecified atom stereocenters. The van der Waals surface area contributed by atoms with Gasteiger partial charge in [0.15, 0.2) is 11.5 Å². The Bertz CT molecular complexity index is 825. The number of hydrogen-bond acceptors (Lipinski definition) is 7. The van der Waals surface area contributed by atoms with E-state index in [0.29, 0.717) is 53.5 Å². The van der Waals surface area contributed by atoms with Gasteiger partial charge in [0.1, 0.15) is 4.32 Å². The molecule has 0 radical (unpaired) electrons. The number of thiocarbonyl (C=S) groups is 1. The zero-order valence-corrected chi connectivity index (χ0v) is 20.8. The third-order valence-electron chi connectivity index (χ3n) is 4.76. The van der Waals surface area contributed by atoms with Crippen LogP contribution in [0, 0.1) is 0 Å². The summed E-state index contributed by atoms with van der Waals surface area (Å²) in [6, 6.07) is 5.70. The maximum Gasteiger partial charge on any atom is 0.305 e. The fourth-order valence-corrected chi connectivity index (χ4v) is 4.43. The first-order valence-electron chi connectivity index (χ1n) is 11.3. The average Bonchev–Trinajstić information content (AvgIpc) is 3.02. The van der Waals surface area contributed by atoms with E-state index in [1.807, 2.05) is 31.2 Å². The number of ether oxygens (including phenoxy) is 3. The molecule has 0 atom stereocenters. The standard InChI is InChI=1S/C24H33NO5S2/c1-4-7-15-30-19-13-12-18(16-20(19)28-5-2)17-21-23(27)25(24(31)32-21)14-10-8-9-11-22(26)29-6-3/h12-13,16-17H,4-11,14-15H2,1-3H3/b21-17-. The Balaban J connectivity index is 1.96. The highest BCUT2D eigenvalue weighted by molar-refractivity contribution is 8.26. The third-order valence-corrected chi connectivity index (χ3v) is 6.14. The lowest BCUT2D eigenvalue weighted by molar-refractivity contribution is -0.143. The number of esters is 1. The van der Waals surface area contributed by atoms with E-state index in [2.05, 4.69) is 6.92 Å². The first-order chi connectivity index (χ1) is 15.5. The van der Waals surface area contributed by atoms with Crippen LogP contribution >= 0.6 is 24.0 Å². The molecule has 8 heteroatoms. The highest BCUT2D eigenvalue weighted by Gasteiger charge is 2.31. The molecule has 1 aromatic carbocycles. The molecule has 1 amide bonds. The summed E-state index contributed by atoms with van der Waals surface area (Å²) in [5, 5.41) is 0. The molecule has 0 aromatic heterocycles. The maximum absolute atomic E-state index is 12.8. The highest BCUT2D eigenvalue weighted by Crippen LogP contribution is 2.35.